The molecular formula is C17H27ClN2O. The van der Waals surface area contributed by atoms with E-state index in [4.69, 9.17) is 16.3 Å². The molecule has 1 aliphatic heterocycles. The van der Waals surface area contributed by atoms with Crippen LogP contribution in [-0.4, -0.2) is 33.4 Å². The number of hydrogen-bond acceptors (Lipinski definition) is 3. The van der Waals surface area contributed by atoms with Gasteiger partial charge in [0.1, 0.15) is 0 Å². The zero-order valence-corrected chi connectivity index (χ0v) is 14.1. The van der Waals surface area contributed by atoms with Gasteiger partial charge >= 0.3 is 0 Å². The first-order valence-electron chi connectivity index (χ1n) is 7.83. The molecule has 1 saturated heterocycles. The predicted molar refractivity (Wildman–Crippen MR) is 90.2 cm³/mol. The van der Waals surface area contributed by atoms with Crippen LogP contribution in [0.25, 0.3) is 0 Å². The van der Waals surface area contributed by atoms with E-state index in [2.05, 4.69) is 36.2 Å². The highest BCUT2D eigenvalue weighted by Gasteiger charge is 2.23. The number of hydrogen-bond donors (Lipinski definition) is 1. The van der Waals surface area contributed by atoms with Crippen molar-refractivity contribution in [2.75, 3.05) is 38.3 Å². The number of anilines is 1. The van der Waals surface area contributed by atoms with Crippen molar-refractivity contribution in [1.82, 2.24) is 5.32 Å². The van der Waals surface area contributed by atoms with Crippen molar-refractivity contribution in [2.45, 2.75) is 26.8 Å². The summed E-state index contributed by atoms with van der Waals surface area (Å²) in [6.07, 6.45) is 1.32. The molecule has 0 aliphatic carbocycles. The lowest BCUT2D eigenvalue weighted by Crippen LogP contribution is -2.39. The maximum atomic E-state index is 6.23. The molecule has 0 saturated carbocycles. The fourth-order valence-corrected chi connectivity index (χ4v) is 3.40. The monoisotopic (exact) mass is 310 g/mol. The zero-order valence-electron chi connectivity index (χ0n) is 13.4. The zero-order chi connectivity index (χ0) is 15.2. The van der Waals surface area contributed by atoms with Crippen molar-refractivity contribution in [3.8, 4) is 0 Å². The lowest BCUT2D eigenvalue weighted by Gasteiger charge is -2.37. The molecule has 1 N–H and O–H groups in total. The first kappa shape index (κ1) is 16.6. The summed E-state index contributed by atoms with van der Waals surface area (Å²) in [5.41, 5.74) is 2.60. The molecule has 1 aromatic rings. The number of nitrogens with one attached hydrogen (secondary N) is 1. The highest BCUT2D eigenvalue weighted by atomic mass is 35.5. The number of piperidine rings is 1. The Labute approximate surface area is 133 Å². The first-order valence-corrected chi connectivity index (χ1v) is 8.21. The molecule has 4 heteroatoms. The Kier molecular flexibility index (Phi) is 6.34. The third-order valence-electron chi connectivity index (χ3n) is 4.06. The second-order valence-corrected chi connectivity index (χ2v) is 6.73. The van der Waals surface area contributed by atoms with Gasteiger partial charge in [-0.2, -0.15) is 0 Å². The first-order chi connectivity index (χ1) is 10.1. The average Bonchev–Trinajstić information content (AvgIpc) is 2.44. The molecular weight excluding hydrogens is 284 g/mol. The second kappa shape index (κ2) is 8.02. The number of ether oxygens (including phenoxy) is 1. The lowest BCUT2D eigenvalue weighted by atomic mass is 9.91. The highest BCUT2D eigenvalue weighted by molar-refractivity contribution is 6.30. The van der Waals surface area contributed by atoms with Crippen LogP contribution in [0.15, 0.2) is 18.2 Å². The van der Waals surface area contributed by atoms with Crippen LogP contribution in [0.2, 0.25) is 5.02 Å². The second-order valence-electron chi connectivity index (χ2n) is 6.29. The summed E-state index contributed by atoms with van der Waals surface area (Å²) in [5.74, 6) is 1.48. The molecule has 1 heterocycles. The molecule has 118 valence electrons. The summed E-state index contributed by atoms with van der Waals surface area (Å²) in [6, 6.07) is 6.23. The van der Waals surface area contributed by atoms with Crippen molar-refractivity contribution in [1.29, 1.82) is 0 Å². The van der Waals surface area contributed by atoms with E-state index in [1.807, 2.05) is 6.07 Å². The van der Waals surface area contributed by atoms with Crippen LogP contribution in [0, 0.1) is 11.8 Å². The maximum absolute atomic E-state index is 6.23. The van der Waals surface area contributed by atoms with E-state index >= 15 is 0 Å². The maximum Gasteiger partial charge on any atom is 0.0587 e. The molecule has 0 bridgehead atoms. The van der Waals surface area contributed by atoms with Gasteiger partial charge in [0, 0.05) is 44.0 Å². The summed E-state index contributed by atoms with van der Waals surface area (Å²) < 4.78 is 5.08. The number of rotatable bonds is 6. The SMILES string of the molecule is COCCNCc1ccc(Cl)cc1N1CC(C)CC(C)C1. The third-order valence-corrected chi connectivity index (χ3v) is 4.29. The van der Waals surface area contributed by atoms with E-state index in [0.29, 0.717) is 0 Å². The van der Waals surface area contributed by atoms with E-state index in [9.17, 15) is 0 Å². The Hall–Kier alpha value is -0.770. The van der Waals surface area contributed by atoms with Crippen molar-refractivity contribution in [3.63, 3.8) is 0 Å². The Morgan fingerprint density at radius 3 is 2.67 bits per heavy atom. The Morgan fingerprint density at radius 1 is 1.29 bits per heavy atom. The van der Waals surface area contributed by atoms with Crippen LogP contribution in [0.5, 0.6) is 0 Å². The number of benzene rings is 1. The van der Waals surface area contributed by atoms with Crippen molar-refractivity contribution < 1.29 is 4.74 Å². The summed E-state index contributed by atoms with van der Waals surface area (Å²) >= 11 is 6.23. The van der Waals surface area contributed by atoms with Gasteiger partial charge in [-0.15, -0.1) is 0 Å². The van der Waals surface area contributed by atoms with Gasteiger partial charge in [0.05, 0.1) is 6.61 Å². The summed E-state index contributed by atoms with van der Waals surface area (Å²) in [5, 5.41) is 4.25. The topological polar surface area (TPSA) is 24.5 Å². The standard InChI is InChI=1S/C17H27ClN2O/c1-13-8-14(2)12-20(11-13)17-9-16(18)5-4-15(17)10-19-6-7-21-3/h4-5,9,13-14,19H,6-8,10-12H2,1-3H3. The van der Waals surface area contributed by atoms with E-state index in [1.54, 1.807) is 7.11 Å². The van der Waals surface area contributed by atoms with Crippen LogP contribution < -0.4 is 10.2 Å². The Bertz CT molecular complexity index is 442. The fourth-order valence-electron chi connectivity index (χ4n) is 3.24. The molecule has 2 unspecified atom stereocenters. The van der Waals surface area contributed by atoms with Crippen molar-refractivity contribution >= 4 is 17.3 Å². The minimum atomic E-state index is 0.737. The van der Waals surface area contributed by atoms with Crippen LogP contribution in [0.4, 0.5) is 5.69 Å². The highest BCUT2D eigenvalue weighted by Crippen LogP contribution is 2.30. The molecule has 1 aromatic carbocycles. The van der Waals surface area contributed by atoms with E-state index in [-0.39, 0.29) is 0 Å². The van der Waals surface area contributed by atoms with Crippen LogP contribution >= 0.6 is 11.6 Å². The third kappa shape index (κ3) is 4.87. The molecule has 2 rings (SSSR count). The van der Waals surface area contributed by atoms with Crippen molar-refractivity contribution in [3.05, 3.63) is 28.8 Å². The molecule has 1 aliphatic rings. The number of nitrogens with zero attached hydrogens (tertiary/aromatic N) is 1. The van der Waals surface area contributed by atoms with Gasteiger partial charge in [-0.05, 0) is 36.0 Å². The van der Waals surface area contributed by atoms with Gasteiger partial charge in [0.15, 0.2) is 0 Å². The minimum Gasteiger partial charge on any atom is -0.383 e. The van der Waals surface area contributed by atoms with Gasteiger partial charge in [-0.1, -0.05) is 31.5 Å². The average molecular weight is 311 g/mol. The largest absolute Gasteiger partial charge is 0.383 e. The molecule has 0 aromatic heterocycles. The Balaban J connectivity index is 2.10. The number of methoxy groups -OCH3 is 1. The number of halogens is 1. The van der Waals surface area contributed by atoms with E-state index in [1.165, 1.54) is 17.7 Å². The summed E-state index contributed by atoms with van der Waals surface area (Å²) in [4.78, 5) is 2.50. The Morgan fingerprint density at radius 2 is 2.00 bits per heavy atom. The van der Waals surface area contributed by atoms with Gasteiger partial charge in [0.25, 0.3) is 0 Å². The normalized spacial score (nSPS) is 22.6. The summed E-state index contributed by atoms with van der Waals surface area (Å²) in [7, 11) is 1.73. The molecule has 2 atom stereocenters. The van der Waals surface area contributed by atoms with Crippen molar-refractivity contribution in [2.24, 2.45) is 11.8 Å². The van der Waals surface area contributed by atoms with Crippen LogP contribution in [-0.2, 0) is 11.3 Å². The van der Waals surface area contributed by atoms with Gasteiger partial charge in [-0.25, -0.2) is 0 Å². The van der Waals surface area contributed by atoms with E-state index < -0.39 is 0 Å². The molecule has 0 radical (unpaired) electrons. The molecule has 1 fully saturated rings. The molecule has 21 heavy (non-hydrogen) atoms. The van der Waals surface area contributed by atoms with E-state index in [0.717, 1.165) is 49.6 Å². The van der Waals surface area contributed by atoms with Gasteiger partial charge in [0.2, 0.25) is 0 Å². The summed E-state index contributed by atoms with van der Waals surface area (Å²) in [6.45, 7) is 9.38. The lowest BCUT2D eigenvalue weighted by molar-refractivity contribution is 0.199. The van der Waals surface area contributed by atoms with Crippen LogP contribution in [0.1, 0.15) is 25.8 Å². The molecule has 0 spiro atoms. The predicted octanol–water partition coefficient (Wildman–Crippen LogP) is 3.56. The minimum absolute atomic E-state index is 0.737. The quantitative estimate of drug-likeness (QED) is 0.813. The fraction of sp³-hybridized carbons (Fsp3) is 0.647. The van der Waals surface area contributed by atoms with Crippen LogP contribution in [0.3, 0.4) is 0 Å². The van der Waals surface area contributed by atoms with Gasteiger partial charge in [-0.3, -0.25) is 0 Å². The van der Waals surface area contributed by atoms with Gasteiger partial charge < -0.3 is 15.0 Å². The smallest absolute Gasteiger partial charge is 0.0587 e. The molecule has 3 nitrogen and oxygen atoms in total. The molecule has 0 amide bonds.